The number of phenolic OH excluding ortho intramolecular Hbond substituents is 3. The van der Waals surface area contributed by atoms with Gasteiger partial charge in [-0.2, -0.15) is 0 Å². The number of benzene rings is 5. The molecule has 40 heavy (non-hydrogen) atoms. The molecule has 0 saturated carbocycles. The van der Waals surface area contributed by atoms with Crippen molar-refractivity contribution < 1.29 is 25.5 Å². The molecule has 11 heteroatoms. The molecule has 0 aliphatic carbocycles. The number of alkyl halides is 1. The van der Waals surface area contributed by atoms with Gasteiger partial charge in [-0.3, -0.25) is 9.59 Å². The van der Waals surface area contributed by atoms with Crippen molar-refractivity contribution in [3.05, 3.63) is 67.1 Å². The minimum absolute atomic E-state index is 0.0405. The Hall–Kier alpha value is -2.60. The Morgan fingerprint density at radius 2 is 1.15 bits per heavy atom. The molecule has 0 fully saturated rings. The van der Waals surface area contributed by atoms with E-state index in [0.29, 0.717) is 43.6 Å². The van der Waals surface area contributed by atoms with Gasteiger partial charge < -0.3 is 25.5 Å². The lowest BCUT2D eigenvalue weighted by molar-refractivity contribution is 0.422. The van der Waals surface area contributed by atoms with Gasteiger partial charge in [0.25, 0.3) is 0 Å². The third kappa shape index (κ3) is 3.63. The number of rotatable bonds is 2. The fraction of sp³-hybridized carbons (Fsp3) is 0.172. The Balaban J connectivity index is 2.45. The zero-order valence-electron chi connectivity index (χ0n) is 21.3. The van der Waals surface area contributed by atoms with Gasteiger partial charge in [0.2, 0.25) is 10.9 Å². The van der Waals surface area contributed by atoms with E-state index in [2.05, 4.69) is 63.7 Å². The molecule has 0 aliphatic rings. The third-order valence-electron chi connectivity index (χ3n) is 7.47. The first kappa shape index (κ1) is 28.9. The monoisotopic (exact) mass is 796 g/mol. The average molecular weight is 800 g/mol. The van der Waals surface area contributed by atoms with Gasteiger partial charge in [-0.1, -0.05) is 15.9 Å². The van der Waals surface area contributed by atoms with Crippen molar-refractivity contribution in [2.45, 2.75) is 27.7 Å². The van der Waals surface area contributed by atoms with E-state index in [0.717, 1.165) is 0 Å². The quantitative estimate of drug-likeness (QED) is 0.0541. The summed E-state index contributed by atoms with van der Waals surface area (Å²) in [7, 11) is 0. The molecule has 7 nitrogen and oxygen atoms in total. The topological polar surface area (TPSA) is 135 Å². The van der Waals surface area contributed by atoms with E-state index >= 15 is 0 Å². The van der Waals surface area contributed by atoms with Crippen molar-refractivity contribution in [2.24, 2.45) is 0 Å². The van der Waals surface area contributed by atoms with E-state index in [-0.39, 0.29) is 63.0 Å². The summed E-state index contributed by atoms with van der Waals surface area (Å²) in [5.41, 5.74) is 0.521. The van der Waals surface area contributed by atoms with Gasteiger partial charge in [0.15, 0.2) is 0 Å². The molecule has 0 unspecified atom stereocenters. The van der Waals surface area contributed by atoms with Gasteiger partial charge in [0, 0.05) is 21.7 Å². The lowest BCUT2D eigenvalue weighted by Gasteiger charge is -2.22. The number of aromatic hydroxyl groups is 3. The number of fused-ring (bicyclic) bond motifs is 4. The number of aliphatic hydroxyl groups excluding tert-OH is 2. The predicted molar refractivity (Wildman–Crippen MR) is 174 cm³/mol. The number of aliphatic hydroxyl groups is 2. The third-order valence-corrected chi connectivity index (χ3v) is 10.7. The maximum absolute atomic E-state index is 14.2. The summed E-state index contributed by atoms with van der Waals surface area (Å²) >= 11 is 13.2. The fourth-order valence-corrected chi connectivity index (χ4v) is 7.11. The summed E-state index contributed by atoms with van der Waals surface area (Å²) in [6.45, 7) is 6.62. The molecule has 0 spiro atoms. The first-order valence-electron chi connectivity index (χ1n) is 11.8. The molecule has 5 aromatic rings. The Labute approximate surface area is 259 Å². The molecule has 5 N–H and O–H groups in total. The van der Waals surface area contributed by atoms with E-state index in [9.17, 15) is 35.1 Å². The highest BCUT2D eigenvalue weighted by Gasteiger charge is 2.30. The van der Waals surface area contributed by atoms with Crippen molar-refractivity contribution in [3.63, 3.8) is 0 Å². The molecule has 0 bridgehead atoms. The van der Waals surface area contributed by atoms with Crippen molar-refractivity contribution in [1.29, 1.82) is 0 Å². The Bertz CT molecular complexity index is 2200. The van der Waals surface area contributed by atoms with Crippen LogP contribution in [0.25, 0.3) is 54.9 Å². The van der Waals surface area contributed by atoms with E-state index < -0.39 is 22.4 Å². The van der Waals surface area contributed by atoms with Crippen LogP contribution in [-0.4, -0.2) is 30.9 Å². The summed E-state index contributed by atoms with van der Waals surface area (Å²) in [6, 6.07) is 0. The Morgan fingerprint density at radius 1 is 0.650 bits per heavy atom. The maximum atomic E-state index is 14.2. The molecule has 0 atom stereocenters. The van der Waals surface area contributed by atoms with Crippen molar-refractivity contribution >= 4 is 119 Å². The second-order valence-electron chi connectivity index (χ2n) is 9.66. The minimum Gasteiger partial charge on any atom is -0.512 e. The van der Waals surface area contributed by atoms with E-state index in [1.807, 2.05) is 0 Å². The number of hydrogen-bond acceptors (Lipinski definition) is 7. The van der Waals surface area contributed by atoms with Crippen LogP contribution in [-0.2, 0) is 0 Å². The molecule has 0 aliphatic heterocycles. The highest BCUT2D eigenvalue weighted by Crippen LogP contribution is 2.51. The molecule has 0 heterocycles. The summed E-state index contributed by atoms with van der Waals surface area (Å²) in [5, 5.41) is 57.0. The maximum Gasteiger partial charge on any atom is 0.204 e. The van der Waals surface area contributed by atoms with Crippen LogP contribution in [0.3, 0.4) is 0 Å². The first-order valence-corrected chi connectivity index (χ1v) is 15.3. The van der Waals surface area contributed by atoms with Gasteiger partial charge in [0.1, 0.15) is 33.2 Å². The minimum atomic E-state index is -0.696. The molecule has 0 radical (unpaired) electrons. The highest BCUT2D eigenvalue weighted by molar-refractivity contribution is 9.11. The second-order valence-corrected chi connectivity index (χ2v) is 12.6. The highest BCUT2D eigenvalue weighted by atomic mass is 79.9. The lowest BCUT2D eigenvalue weighted by atomic mass is 9.82. The van der Waals surface area contributed by atoms with Gasteiger partial charge in [-0.15, -0.1) is 0 Å². The molecule has 0 aromatic heterocycles. The molecular weight excluding hydrogens is 780 g/mol. The summed E-state index contributed by atoms with van der Waals surface area (Å²) < 4.78 is 0.333. The number of aryl methyl sites for hydroxylation is 3. The molecule has 5 rings (SSSR count). The molecule has 5 aromatic carbocycles. The van der Waals surface area contributed by atoms with Gasteiger partial charge >= 0.3 is 0 Å². The van der Waals surface area contributed by atoms with Crippen LogP contribution in [0.1, 0.15) is 29.2 Å². The van der Waals surface area contributed by atoms with Crippen LogP contribution < -0.4 is 16.1 Å². The van der Waals surface area contributed by atoms with Crippen molar-refractivity contribution in [3.8, 4) is 17.2 Å². The largest absolute Gasteiger partial charge is 0.512 e. The van der Waals surface area contributed by atoms with Gasteiger partial charge in [-0.25, -0.2) is 0 Å². The molecular formula is C29H20Br4O7. The number of allylic oxidation sites excluding steroid dienone is 1. The van der Waals surface area contributed by atoms with Gasteiger partial charge in [-0.05, 0) is 114 Å². The van der Waals surface area contributed by atoms with Crippen LogP contribution in [0.5, 0.6) is 17.2 Å². The van der Waals surface area contributed by atoms with E-state index in [4.69, 9.17) is 0 Å². The summed E-state index contributed by atoms with van der Waals surface area (Å²) in [4.78, 5) is 27.6. The Kier molecular flexibility index (Phi) is 7.05. The van der Waals surface area contributed by atoms with E-state index in [1.54, 1.807) is 20.8 Å². The average Bonchev–Trinajstić information content (AvgIpc) is 2.90. The predicted octanol–water partition coefficient (Wildman–Crippen LogP) is 7.49. The van der Waals surface area contributed by atoms with Crippen molar-refractivity contribution in [1.82, 2.24) is 0 Å². The zero-order chi connectivity index (χ0) is 29.7. The molecule has 0 amide bonds. The Morgan fingerprint density at radius 3 is 1.73 bits per heavy atom. The van der Waals surface area contributed by atoms with Crippen LogP contribution >= 0.6 is 63.7 Å². The number of hydrogen-bond donors (Lipinski definition) is 5. The summed E-state index contributed by atoms with van der Waals surface area (Å²) in [6.07, 6.45) is 1.28. The van der Waals surface area contributed by atoms with Crippen LogP contribution in [0.2, 0.25) is 0 Å². The first-order chi connectivity index (χ1) is 18.7. The van der Waals surface area contributed by atoms with Crippen LogP contribution in [0, 0.1) is 20.8 Å². The van der Waals surface area contributed by atoms with Crippen LogP contribution in [0.15, 0.2) is 28.8 Å². The lowest BCUT2D eigenvalue weighted by Crippen LogP contribution is -2.29. The molecule has 206 valence electrons. The summed E-state index contributed by atoms with van der Waals surface area (Å²) in [5.74, 6) is -1.69. The fourth-order valence-electron chi connectivity index (χ4n) is 5.75. The number of phenols is 3. The standard InChI is InChI=1S/C29H20Br4O7/c1-7-13-15(8(2)22(31)27(38)17(13)10(4)34)16-9(3)23(32)28(39)21-19(16)14(7)18-12(5-11(35)6-30)25(36)24(33)29(40)20(18)26(21)37/h5,34-36,39-40H,6H2,1-4H3/b11-5-,17-10?. The SMILES string of the molecule is CC(O)=c1c(=O)c(Br)c(C)c2c1c(C)c1c3c(/C=C(\O)CBr)c(O)c(Br)c(O)c3c(=O)c3c(O)c(Br)c(C)c2c31. The van der Waals surface area contributed by atoms with Crippen molar-refractivity contribution in [2.75, 3.05) is 5.33 Å². The number of halogens is 4. The van der Waals surface area contributed by atoms with E-state index in [1.165, 1.54) is 13.0 Å². The molecule has 0 saturated heterocycles. The van der Waals surface area contributed by atoms with Crippen LogP contribution in [0.4, 0.5) is 0 Å². The van der Waals surface area contributed by atoms with Gasteiger partial charge in [0.05, 0.1) is 30.3 Å². The zero-order valence-corrected chi connectivity index (χ0v) is 27.7. The second kappa shape index (κ2) is 9.75. The normalized spacial score (nSPS) is 13.3. The smallest absolute Gasteiger partial charge is 0.204 e.